The molecule has 2 fully saturated rings. The average Bonchev–Trinajstić information content (AvgIpc) is 2.88. The number of carbonyl (C=O) groups is 1. The maximum Gasteiger partial charge on any atom is 0.318 e. The number of anilines is 2. The lowest BCUT2D eigenvalue weighted by Crippen LogP contribution is -2.71. The first-order valence-corrected chi connectivity index (χ1v) is 13.7. The van der Waals surface area contributed by atoms with Crippen molar-refractivity contribution in [2.45, 2.75) is 19.4 Å². The third-order valence-corrected chi connectivity index (χ3v) is 7.97. The smallest absolute Gasteiger partial charge is 0.318 e. The highest BCUT2D eigenvalue weighted by Gasteiger charge is 2.52. The number of rotatable bonds is 9. The molecule has 9 heteroatoms. The lowest BCUT2D eigenvalue weighted by molar-refractivity contribution is -0.104. The van der Waals surface area contributed by atoms with Crippen molar-refractivity contribution in [2.24, 2.45) is 5.41 Å². The van der Waals surface area contributed by atoms with Crippen LogP contribution in [0.25, 0.3) is 10.8 Å². The van der Waals surface area contributed by atoms with Crippen molar-refractivity contribution in [3.63, 3.8) is 0 Å². The van der Waals surface area contributed by atoms with Gasteiger partial charge in [0.05, 0.1) is 18.8 Å². The first-order chi connectivity index (χ1) is 18.9. The zero-order valence-corrected chi connectivity index (χ0v) is 22.7. The monoisotopic (exact) mass is 528 g/mol. The van der Waals surface area contributed by atoms with E-state index in [1.165, 1.54) is 5.56 Å². The van der Waals surface area contributed by atoms with Crippen LogP contribution in [0.2, 0.25) is 0 Å². The summed E-state index contributed by atoms with van der Waals surface area (Å²) in [4.78, 5) is 29.5. The molecule has 2 aromatic carbocycles. The number of phenolic OH excluding ortho intramolecular Hbond substituents is 1. The minimum Gasteiger partial charge on any atom is -0.508 e. The molecule has 1 spiro atoms. The van der Waals surface area contributed by atoms with E-state index in [4.69, 9.17) is 14.7 Å². The number of nitrogens with zero attached hydrogens (tertiary/aromatic N) is 6. The van der Waals surface area contributed by atoms with E-state index in [0.29, 0.717) is 19.2 Å². The highest BCUT2D eigenvalue weighted by atomic mass is 16.5. The number of aromatic hydroxyl groups is 1. The van der Waals surface area contributed by atoms with Crippen molar-refractivity contribution >= 4 is 28.6 Å². The Balaban J connectivity index is 1.25. The van der Waals surface area contributed by atoms with Crippen LogP contribution in [0.1, 0.15) is 17.7 Å². The second-order valence-corrected chi connectivity index (χ2v) is 11.4. The Morgan fingerprint density at radius 1 is 1.10 bits per heavy atom. The minimum absolute atomic E-state index is 0.263. The van der Waals surface area contributed by atoms with E-state index in [1.54, 1.807) is 6.08 Å². The normalized spacial score (nSPS) is 18.0. The molecule has 0 bridgehead atoms. The molecule has 1 aromatic heterocycles. The fraction of sp³-hybridized carbons (Fsp3) is 0.433. The van der Waals surface area contributed by atoms with E-state index in [-0.39, 0.29) is 11.2 Å². The number of benzene rings is 2. The Hall–Kier alpha value is -3.85. The number of aldehydes is 1. The summed E-state index contributed by atoms with van der Waals surface area (Å²) in [5, 5.41) is 12.6. The molecule has 3 aliphatic heterocycles. The van der Waals surface area contributed by atoms with E-state index in [2.05, 4.69) is 39.8 Å². The third kappa shape index (κ3) is 5.11. The molecule has 0 atom stereocenters. The number of carbonyl (C=O) groups excluding carboxylic acids is 1. The number of ether oxygens (including phenoxy) is 1. The second kappa shape index (κ2) is 10.4. The number of allylic oxidation sites excluding steroid dienone is 1. The van der Waals surface area contributed by atoms with Crippen LogP contribution in [0.3, 0.4) is 0 Å². The van der Waals surface area contributed by atoms with Gasteiger partial charge >= 0.3 is 6.01 Å². The lowest BCUT2D eigenvalue weighted by Gasteiger charge is -2.60. The van der Waals surface area contributed by atoms with Crippen LogP contribution in [0.4, 0.5) is 11.5 Å². The van der Waals surface area contributed by atoms with Gasteiger partial charge in [-0.25, -0.2) is 0 Å². The number of hydrogen-bond acceptors (Lipinski definition) is 9. The predicted octanol–water partition coefficient (Wildman–Crippen LogP) is 3.06. The maximum atomic E-state index is 10.7. The Morgan fingerprint density at radius 2 is 1.92 bits per heavy atom. The zero-order valence-electron chi connectivity index (χ0n) is 22.7. The Kier molecular flexibility index (Phi) is 6.76. The summed E-state index contributed by atoms with van der Waals surface area (Å²) < 4.78 is 6.08. The van der Waals surface area contributed by atoms with Gasteiger partial charge in [0.25, 0.3) is 0 Å². The molecular weight excluding hydrogens is 492 g/mol. The number of aromatic nitrogens is 2. The molecule has 39 heavy (non-hydrogen) atoms. The van der Waals surface area contributed by atoms with Crippen molar-refractivity contribution in [1.29, 1.82) is 0 Å². The van der Waals surface area contributed by atoms with Crippen LogP contribution in [0.15, 0.2) is 48.7 Å². The summed E-state index contributed by atoms with van der Waals surface area (Å²) in [7, 11) is 4.12. The summed E-state index contributed by atoms with van der Waals surface area (Å²) in [5.41, 5.74) is 3.47. The van der Waals surface area contributed by atoms with E-state index in [0.717, 1.165) is 86.4 Å². The van der Waals surface area contributed by atoms with Crippen LogP contribution in [-0.4, -0.2) is 91.1 Å². The van der Waals surface area contributed by atoms with Crippen molar-refractivity contribution in [1.82, 2.24) is 19.8 Å². The first kappa shape index (κ1) is 25.4. The number of likely N-dealkylation sites (tertiary alicyclic amines) is 1. The number of phenols is 1. The average molecular weight is 529 g/mol. The van der Waals surface area contributed by atoms with Gasteiger partial charge in [0, 0.05) is 73.6 Å². The molecular formula is C30H36N6O3. The molecule has 9 nitrogen and oxygen atoms in total. The molecule has 0 saturated carbocycles. The van der Waals surface area contributed by atoms with Gasteiger partial charge in [-0.15, -0.1) is 0 Å². The van der Waals surface area contributed by atoms with Gasteiger partial charge in [0.1, 0.15) is 17.9 Å². The van der Waals surface area contributed by atoms with Crippen molar-refractivity contribution in [2.75, 3.05) is 69.8 Å². The Morgan fingerprint density at radius 3 is 2.72 bits per heavy atom. The number of fused-ring (bicyclic) bond motifs is 2. The van der Waals surface area contributed by atoms with Crippen molar-refractivity contribution < 1.29 is 14.6 Å². The molecule has 1 N–H and O–H groups in total. The van der Waals surface area contributed by atoms with Crippen LogP contribution in [0.5, 0.6) is 11.8 Å². The van der Waals surface area contributed by atoms with Crippen LogP contribution >= 0.6 is 0 Å². The molecule has 0 unspecified atom stereocenters. The maximum absolute atomic E-state index is 10.7. The van der Waals surface area contributed by atoms with E-state index < -0.39 is 0 Å². The van der Waals surface area contributed by atoms with Gasteiger partial charge in [0.15, 0.2) is 0 Å². The molecule has 0 radical (unpaired) electrons. The molecule has 3 aliphatic rings. The van der Waals surface area contributed by atoms with Crippen LogP contribution in [0, 0.1) is 5.41 Å². The van der Waals surface area contributed by atoms with Gasteiger partial charge in [-0.1, -0.05) is 24.3 Å². The third-order valence-electron chi connectivity index (χ3n) is 7.97. The number of hydrogen-bond donors (Lipinski definition) is 1. The first-order valence-electron chi connectivity index (χ1n) is 13.7. The summed E-state index contributed by atoms with van der Waals surface area (Å²) in [6.07, 6.45) is 6.00. The quantitative estimate of drug-likeness (QED) is 0.256. The molecule has 204 valence electrons. The fourth-order valence-corrected chi connectivity index (χ4v) is 6.19. The predicted molar refractivity (Wildman–Crippen MR) is 152 cm³/mol. The standard InChI is InChI=1S/C30H36N6O3/c1-33(2)10-6-14-39-29-31-26-17-35(27-16-23(38)15-22-7-3-4-8-24(22)27)12-9-25(26)28(32-29)36-20-30(21-36)18-34(19-30)11-5-13-37/h3-5,7-8,11,13,15-16,38H,6,9-10,12,14,17-21H2,1-2H3. The summed E-state index contributed by atoms with van der Waals surface area (Å²) in [6.45, 7) is 6.80. The summed E-state index contributed by atoms with van der Waals surface area (Å²) in [6, 6.07) is 12.3. The van der Waals surface area contributed by atoms with Gasteiger partial charge in [-0.3, -0.25) is 4.79 Å². The topological polar surface area (TPSA) is 85.3 Å². The van der Waals surface area contributed by atoms with E-state index in [1.807, 2.05) is 36.5 Å². The molecule has 0 amide bonds. The SMILES string of the molecule is CN(C)CCCOc1nc2c(c(N3CC4(CN(C=CC=O)C4)C3)n1)CCN(c1cc(O)cc3ccccc13)C2. The Labute approximate surface area is 229 Å². The second-order valence-electron chi connectivity index (χ2n) is 11.4. The van der Waals surface area contributed by atoms with Crippen LogP contribution in [-0.2, 0) is 17.8 Å². The zero-order chi connectivity index (χ0) is 27.0. The van der Waals surface area contributed by atoms with E-state index >= 15 is 0 Å². The van der Waals surface area contributed by atoms with E-state index in [9.17, 15) is 9.90 Å². The largest absolute Gasteiger partial charge is 0.508 e. The van der Waals surface area contributed by atoms with Gasteiger partial charge in [-0.05, 0) is 44.5 Å². The van der Waals surface area contributed by atoms with Crippen molar-refractivity contribution in [3.05, 3.63) is 59.9 Å². The van der Waals surface area contributed by atoms with Gasteiger partial charge < -0.3 is 29.4 Å². The Bertz CT molecular complexity index is 1390. The van der Waals surface area contributed by atoms with Crippen molar-refractivity contribution in [3.8, 4) is 11.8 Å². The molecule has 2 saturated heterocycles. The minimum atomic E-state index is 0.263. The highest BCUT2D eigenvalue weighted by Crippen LogP contribution is 2.44. The summed E-state index contributed by atoms with van der Waals surface area (Å²) in [5.74, 6) is 1.27. The highest BCUT2D eigenvalue weighted by molar-refractivity contribution is 5.95. The molecule has 0 aliphatic carbocycles. The fourth-order valence-electron chi connectivity index (χ4n) is 6.19. The molecule has 3 aromatic rings. The van der Waals surface area contributed by atoms with Gasteiger partial charge in [-0.2, -0.15) is 9.97 Å². The lowest BCUT2D eigenvalue weighted by atomic mass is 9.73. The molecule has 6 rings (SSSR count). The molecule has 4 heterocycles. The summed E-state index contributed by atoms with van der Waals surface area (Å²) >= 11 is 0. The van der Waals surface area contributed by atoms with Crippen LogP contribution < -0.4 is 14.5 Å². The van der Waals surface area contributed by atoms with Gasteiger partial charge in [0.2, 0.25) is 0 Å².